The van der Waals surface area contributed by atoms with Crippen molar-refractivity contribution in [1.82, 2.24) is 71.2 Å². The van der Waals surface area contributed by atoms with Crippen molar-refractivity contribution in [3.05, 3.63) is 372 Å². The summed E-state index contributed by atoms with van der Waals surface area (Å²) in [5, 5.41) is 55.3. The van der Waals surface area contributed by atoms with Gasteiger partial charge in [0.05, 0.1) is 44.4 Å². The molecule has 12 aliphatic rings. The normalized spacial score (nSPS) is 25.0. The number of aromatic amines is 6. The quantitative estimate of drug-likeness (QED) is 0.0843. The Morgan fingerprint density at radius 3 is 0.796 bits per heavy atom. The molecule has 8 heterocycles. The van der Waals surface area contributed by atoms with Gasteiger partial charge in [0.2, 0.25) is 0 Å². The highest BCUT2D eigenvalue weighted by Gasteiger charge is 2.57. The van der Waals surface area contributed by atoms with Gasteiger partial charge in [-0.1, -0.05) is 244 Å². The zero-order valence-electron chi connectivity index (χ0n) is 89.9. The monoisotopic (exact) mass is 1960 g/mol. The number of pyridine rings is 2. The van der Waals surface area contributed by atoms with Crippen molar-refractivity contribution in [2.45, 2.75) is 307 Å². The number of terminal acetylenes is 1. The first-order valence-corrected chi connectivity index (χ1v) is 52.2. The largest absolute Gasteiger partial charge is 0.294 e. The molecule has 0 aliphatic heterocycles. The van der Waals surface area contributed by atoms with Gasteiger partial charge in [-0.15, -0.1) is 6.42 Å². The van der Waals surface area contributed by atoms with E-state index in [-0.39, 0.29) is 55.6 Å². The average molecular weight is 1960 g/mol. The van der Waals surface area contributed by atoms with Crippen LogP contribution >= 0.6 is 0 Å². The second-order valence-corrected chi connectivity index (χ2v) is 49.5. The molecule has 21 heteroatoms. The molecule has 0 bridgehead atoms. The molecule has 4 aromatic carbocycles. The number of Topliss-reactive ketones (excluding diaryl/α,β-unsaturated/α-hetero) is 6. The molecule has 0 radical (unpaired) electrons. The Kier molecular flexibility index (Phi) is 25.4. The third-order valence-electron chi connectivity index (χ3n) is 34.3. The number of hydrogen-bond donors (Lipinski definition) is 6. The van der Waals surface area contributed by atoms with E-state index < -0.39 is 32.5 Å². The van der Waals surface area contributed by atoms with Crippen LogP contribution in [0.4, 0.5) is 0 Å². The molecule has 147 heavy (non-hydrogen) atoms. The van der Waals surface area contributed by atoms with Gasteiger partial charge in [0.15, 0.2) is 40.4 Å². The number of benzene rings is 4. The Balaban J connectivity index is 0.000000111. The molecule has 21 nitrogen and oxygen atoms in total. The zero-order valence-corrected chi connectivity index (χ0v) is 89.9. The molecule has 12 aliphatic carbocycles. The number of carbonyl (C=O) groups excluding carboxylic acids is 6. The lowest BCUT2D eigenvalue weighted by Crippen LogP contribution is -2.41. The minimum Gasteiger partial charge on any atom is -0.294 e. The van der Waals surface area contributed by atoms with Gasteiger partial charge in [0.25, 0.3) is 0 Å². The molecule has 8 aromatic heterocycles. The Bertz CT molecular complexity index is 7210. The molecule has 0 saturated carbocycles. The number of carbonyl (C=O) groups is 6. The highest BCUT2D eigenvalue weighted by molar-refractivity contribution is 6.06. The van der Waals surface area contributed by atoms with E-state index in [1.165, 1.54) is 61.3 Å². The number of ketones is 6. The number of H-pyrrole nitrogens is 6. The third kappa shape index (κ3) is 17.3. The van der Waals surface area contributed by atoms with Crippen LogP contribution in [0.2, 0.25) is 0 Å². The number of fused-ring (bicyclic) bond motifs is 6. The maximum atomic E-state index is 13.3. The van der Waals surface area contributed by atoms with E-state index in [1.54, 1.807) is 12.4 Å². The van der Waals surface area contributed by atoms with Crippen molar-refractivity contribution < 1.29 is 28.8 Å². The van der Waals surface area contributed by atoms with Gasteiger partial charge in [0.1, 0.15) is 11.8 Å². The smallest absolute Gasteiger partial charge is 0.166 e. The van der Waals surface area contributed by atoms with E-state index in [4.69, 9.17) is 6.42 Å². The molecule has 0 saturated heterocycles. The summed E-state index contributed by atoms with van der Waals surface area (Å²) in [6.07, 6.45) is 26.9. The first-order valence-electron chi connectivity index (χ1n) is 52.2. The van der Waals surface area contributed by atoms with Crippen molar-refractivity contribution in [1.29, 1.82) is 5.26 Å². The van der Waals surface area contributed by atoms with Crippen molar-refractivity contribution in [3.8, 4) is 18.4 Å². The van der Waals surface area contributed by atoms with Crippen LogP contribution in [0.1, 0.15) is 342 Å². The molecule has 12 aromatic rings. The molecule has 6 atom stereocenters. The van der Waals surface area contributed by atoms with Gasteiger partial charge < -0.3 is 0 Å². The first kappa shape index (κ1) is 102. The van der Waals surface area contributed by atoms with Gasteiger partial charge >= 0.3 is 0 Å². The number of aromatic nitrogens is 14. The molecular weight excluding hydrogens is 1820 g/mol. The topological polar surface area (TPSA) is 324 Å². The number of allylic oxidation sites excluding steroid dienone is 12. The molecule has 24 rings (SSSR count). The molecule has 6 unspecified atom stereocenters. The van der Waals surface area contributed by atoms with Gasteiger partial charge in [-0.05, 0) is 204 Å². The van der Waals surface area contributed by atoms with Crippen LogP contribution in [-0.2, 0) is 99.8 Å². The van der Waals surface area contributed by atoms with E-state index in [9.17, 15) is 34.0 Å². The van der Waals surface area contributed by atoms with Crippen LogP contribution in [-0.4, -0.2) is 106 Å². The average Bonchev–Trinajstić information content (AvgIpc) is 1.75. The number of rotatable bonds is 6. The highest BCUT2D eigenvalue weighted by Crippen LogP contribution is 2.61. The predicted octanol–water partition coefficient (Wildman–Crippen LogP) is 23.9. The maximum Gasteiger partial charge on any atom is 0.166 e. The second kappa shape index (κ2) is 36.8. The third-order valence-corrected chi connectivity index (χ3v) is 34.3. The number of nitrogens with zero attached hydrogens (tertiary/aromatic N) is 9. The van der Waals surface area contributed by atoms with Crippen LogP contribution in [0, 0.1) is 90.8 Å². The first-order chi connectivity index (χ1) is 69.4. The van der Waals surface area contributed by atoms with Crippen molar-refractivity contribution in [3.63, 3.8) is 0 Å². The summed E-state index contributed by atoms with van der Waals surface area (Å²) in [5.74, 6) is 4.32. The maximum absolute atomic E-state index is 13.3. The van der Waals surface area contributed by atoms with Crippen molar-refractivity contribution >= 4 is 34.7 Å². The number of aryl methyl sites for hydroxylation is 5. The summed E-state index contributed by atoms with van der Waals surface area (Å²) in [7, 11) is 0. The lowest BCUT2D eigenvalue weighted by atomic mass is 9.58. The van der Waals surface area contributed by atoms with E-state index in [0.29, 0.717) is 67.9 Å². The summed E-state index contributed by atoms with van der Waals surface area (Å²) < 4.78 is 0. The van der Waals surface area contributed by atoms with Gasteiger partial charge in [-0.2, -0.15) is 35.9 Å². The number of hydrogen-bond acceptors (Lipinski definition) is 15. The van der Waals surface area contributed by atoms with Gasteiger partial charge in [-0.25, -0.2) is 0 Å². The van der Waals surface area contributed by atoms with E-state index in [0.717, 1.165) is 206 Å². The molecule has 0 spiro atoms. The Hall–Kier alpha value is -14.1. The molecule has 0 amide bonds. The van der Waals surface area contributed by atoms with Crippen LogP contribution in [0.25, 0.3) is 0 Å². The van der Waals surface area contributed by atoms with Crippen LogP contribution < -0.4 is 0 Å². The lowest BCUT2D eigenvalue weighted by molar-refractivity contribution is -0.119. The SMILES string of the molecule is C#Cc1n[nH]c2c1C(C)(c1ccccc1)C1=C(C2)CC(C)(C)CC1=O.CC1(C)CC(=O)C2=C(Cc3[nH]nc(C#N)c3C2(C)c2ccccc2)C1.Cc1[nH]nc2c1C(C)(c1ccccc1)C1=C(C2)CC(C)(C)CC1=O.Cc1[nH]nc2c1C(C)(c1cccnc1)C1=C(C2)CC(C)(C)CC1=O.Cc1[nH]nc2c1C(C)(c1cccnc1)C1=C(C2)CC(C)(C)CC1=O.Cc1ccccc1C1(C)C2=C(Cc3n[nH]c(C)c31)CC(C)(C)CC2=O. The number of nitriles is 1. The molecule has 6 N–H and O–H groups in total. The minimum atomic E-state index is -0.629. The number of nitrogens with one attached hydrogen (secondary N) is 6. The fourth-order valence-electron chi connectivity index (χ4n) is 29.2. The Labute approximate surface area is 864 Å². The minimum absolute atomic E-state index is 0.0000132. The van der Waals surface area contributed by atoms with Gasteiger partial charge in [-0.3, -0.25) is 69.3 Å². The fourth-order valence-corrected chi connectivity index (χ4v) is 29.2. The van der Waals surface area contributed by atoms with E-state index in [1.807, 2.05) is 93.0 Å². The zero-order chi connectivity index (χ0) is 105. The van der Waals surface area contributed by atoms with Crippen molar-refractivity contribution in [2.75, 3.05) is 0 Å². The van der Waals surface area contributed by atoms with E-state index in [2.05, 4.69) is 301 Å². The summed E-state index contributed by atoms with van der Waals surface area (Å²) in [5.41, 5.74) is 36.5. The fraction of sp³-hybridized carbons (Fsp3) is 0.421. The molecular formula is C126H139N15O6. The van der Waals surface area contributed by atoms with Crippen LogP contribution in [0.5, 0.6) is 0 Å². The van der Waals surface area contributed by atoms with Crippen LogP contribution in [0.15, 0.2) is 231 Å². The summed E-state index contributed by atoms with van der Waals surface area (Å²) in [6, 6.07) is 49.3. The predicted molar refractivity (Wildman–Crippen MR) is 573 cm³/mol. The Morgan fingerprint density at radius 2 is 0.517 bits per heavy atom. The summed E-state index contributed by atoms with van der Waals surface area (Å²) >= 11 is 0. The second-order valence-electron chi connectivity index (χ2n) is 49.5. The standard InChI is InChI=1S/C22H26N2O.C22H22N2O.C21H21N3O.C21H24N2O.2C20H23N3O/c1-13-8-6-7-9-16(13)22(5)19-14(2)23-24-17(19)10-15-11-21(3,4)12-18(25)20(15)22;1-5-16-20-17(24-23-16)11-14-12-21(2,3)13-18(25)19(14)22(20,4)15-9-7-6-8-10-15;1-20(2)10-13-9-15-19(16(12-22)24-23-15)21(3,18(13)17(25)11-20)14-7-5-4-6-8-14;1-13-18-16(23-22-13)10-14-11-20(2,3)12-17(24)19(14)21(18,4)15-8-6-5-7-9-15;2*1-12-17-15(23-22-12)8-13-9-19(2,3)10-16(24)18(13)20(17,4)14-6-5-7-21-11-14/h6-9H,10-12H2,1-5H3,(H,23,24);1,6-10H,11-13H2,2-4H3,(H,23,24);4-8H,9-11H2,1-3H3,(H,23,24);5-9H,10-12H2,1-4H3,(H,22,23);2*5-7,11H,8-10H2,1-4H3,(H,22,23). The Morgan fingerprint density at radius 1 is 0.272 bits per heavy atom. The summed E-state index contributed by atoms with van der Waals surface area (Å²) in [4.78, 5) is 87.9. The summed E-state index contributed by atoms with van der Waals surface area (Å²) in [6.45, 7) is 49.5. The van der Waals surface area contributed by atoms with E-state index >= 15 is 0 Å². The van der Waals surface area contributed by atoms with Crippen molar-refractivity contribution in [2.24, 2.45) is 32.5 Å². The molecule has 0 fully saturated rings. The lowest BCUT2D eigenvalue weighted by Gasteiger charge is -2.44. The highest BCUT2D eigenvalue weighted by atomic mass is 16.1. The van der Waals surface area contributed by atoms with Gasteiger partial charge in [0, 0.05) is 214 Å². The molecule has 754 valence electrons. The van der Waals surface area contributed by atoms with Crippen LogP contribution in [0.3, 0.4) is 0 Å².